The molecule has 17 heavy (non-hydrogen) atoms. The van der Waals surface area contributed by atoms with Gasteiger partial charge in [-0.05, 0) is 43.9 Å². The lowest BCUT2D eigenvalue weighted by Crippen LogP contribution is -2.46. The Morgan fingerprint density at radius 2 is 1.76 bits per heavy atom. The van der Waals surface area contributed by atoms with Crippen LogP contribution in [0.25, 0.3) is 0 Å². The van der Waals surface area contributed by atoms with Gasteiger partial charge in [0, 0.05) is 12.1 Å². The molecule has 0 radical (unpaired) electrons. The van der Waals surface area contributed by atoms with Gasteiger partial charge >= 0.3 is 0 Å². The van der Waals surface area contributed by atoms with Gasteiger partial charge in [0.2, 0.25) is 0 Å². The number of nitrogens with two attached hydrogens (primary N) is 1. The van der Waals surface area contributed by atoms with Crippen LogP contribution < -0.4 is 11.1 Å². The molecule has 0 aliphatic heterocycles. The minimum Gasteiger partial charge on any atom is -0.329 e. The highest BCUT2D eigenvalue weighted by atomic mass is 15.0. The monoisotopic (exact) mass is 234 g/mol. The highest BCUT2D eigenvalue weighted by Crippen LogP contribution is 2.14. The molecule has 0 saturated heterocycles. The summed E-state index contributed by atoms with van der Waals surface area (Å²) in [7, 11) is 0. The van der Waals surface area contributed by atoms with Crippen molar-refractivity contribution >= 4 is 0 Å². The lowest BCUT2D eigenvalue weighted by atomic mass is 10.0. The van der Waals surface area contributed by atoms with Crippen molar-refractivity contribution in [2.75, 3.05) is 13.1 Å². The van der Waals surface area contributed by atoms with Crippen molar-refractivity contribution < 1.29 is 0 Å². The van der Waals surface area contributed by atoms with Gasteiger partial charge in [0.25, 0.3) is 0 Å². The van der Waals surface area contributed by atoms with Gasteiger partial charge in [-0.25, -0.2) is 0 Å². The van der Waals surface area contributed by atoms with E-state index in [1.807, 2.05) is 0 Å². The molecule has 96 valence electrons. The highest BCUT2D eigenvalue weighted by molar-refractivity contribution is 5.24. The largest absolute Gasteiger partial charge is 0.329 e. The molecule has 0 bridgehead atoms. The van der Waals surface area contributed by atoms with E-state index in [2.05, 4.69) is 57.3 Å². The normalized spacial score (nSPS) is 12.1. The number of hydrogen-bond donors (Lipinski definition) is 2. The summed E-state index contributed by atoms with van der Waals surface area (Å²) in [5.74, 6) is 0.610. The minimum absolute atomic E-state index is 0.0396. The van der Waals surface area contributed by atoms with Crippen LogP contribution in [0.4, 0.5) is 0 Å². The van der Waals surface area contributed by atoms with E-state index < -0.39 is 0 Å². The second-order valence-corrected chi connectivity index (χ2v) is 5.66. The van der Waals surface area contributed by atoms with Crippen LogP contribution in [0.5, 0.6) is 0 Å². The summed E-state index contributed by atoms with van der Waals surface area (Å²) in [4.78, 5) is 0. The molecule has 0 heterocycles. The molecule has 0 aromatic heterocycles. The topological polar surface area (TPSA) is 38.0 Å². The molecule has 0 amide bonds. The van der Waals surface area contributed by atoms with E-state index in [4.69, 9.17) is 5.73 Å². The maximum absolute atomic E-state index is 5.68. The molecule has 1 aromatic carbocycles. The Morgan fingerprint density at radius 3 is 2.24 bits per heavy atom. The van der Waals surface area contributed by atoms with Crippen LogP contribution in [0.2, 0.25) is 0 Å². The van der Waals surface area contributed by atoms with Crippen LogP contribution >= 0.6 is 0 Å². The molecule has 0 fully saturated rings. The first-order chi connectivity index (χ1) is 7.94. The summed E-state index contributed by atoms with van der Waals surface area (Å²) in [6.45, 7) is 10.4. The smallest absolute Gasteiger partial charge is 0.0247 e. The van der Waals surface area contributed by atoms with Crippen molar-refractivity contribution in [3.8, 4) is 0 Å². The Morgan fingerprint density at radius 1 is 1.18 bits per heavy atom. The van der Waals surface area contributed by atoms with Crippen molar-refractivity contribution in [3.05, 3.63) is 35.4 Å². The average molecular weight is 234 g/mol. The summed E-state index contributed by atoms with van der Waals surface area (Å²) in [5, 5.41) is 3.47. The van der Waals surface area contributed by atoms with Crippen LogP contribution in [-0.2, 0) is 6.42 Å². The van der Waals surface area contributed by atoms with Crippen LogP contribution in [0.3, 0.4) is 0 Å². The molecule has 0 unspecified atom stereocenters. The van der Waals surface area contributed by atoms with Gasteiger partial charge in [-0.2, -0.15) is 0 Å². The Hall–Kier alpha value is -0.860. The van der Waals surface area contributed by atoms with Crippen molar-refractivity contribution in [2.24, 2.45) is 5.73 Å². The fraction of sp³-hybridized carbons (Fsp3) is 0.600. The zero-order chi connectivity index (χ0) is 12.9. The van der Waals surface area contributed by atoms with E-state index >= 15 is 0 Å². The van der Waals surface area contributed by atoms with Crippen molar-refractivity contribution in [1.29, 1.82) is 0 Å². The maximum Gasteiger partial charge on any atom is 0.0247 e. The van der Waals surface area contributed by atoms with Gasteiger partial charge in [-0.15, -0.1) is 0 Å². The van der Waals surface area contributed by atoms with Crippen molar-refractivity contribution in [1.82, 2.24) is 5.32 Å². The summed E-state index contributed by atoms with van der Waals surface area (Å²) in [6, 6.07) is 8.92. The zero-order valence-electron chi connectivity index (χ0n) is 11.6. The third kappa shape index (κ3) is 4.88. The lowest BCUT2D eigenvalue weighted by molar-refractivity contribution is 0.402. The van der Waals surface area contributed by atoms with Gasteiger partial charge in [-0.3, -0.25) is 0 Å². The second-order valence-electron chi connectivity index (χ2n) is 5.66. The predicted molar refractivity (Wildman–Crippen MR) is 75.4 cm³/mol. The Bertz CT molecular complexity index is 325. The molecule has 2 nitrogen and oxygen atoms in total. The van der Waals surface area contributed by atoms with Gasteiger partial charge in [0.15, 0.2) is 0 Å². The molecular formula is C15H26N2. The first-order valence-electron chi connectivity index (χ1n) is 6.48. The second kappa shape index (κ2) is 6.18. The van der Waals surface area contributed by atoms with Gasteiger partial charge in [0.05, 0.1) is 0 Å². The molecule has 0 aliphatic carbocycles. The lowest BCUT2D eigenvalue weighted by Gasteiger charge is -2.24. The fourth-order valence-electron chi connectivity index (χ4n) is 1.69. The van der Waals surface area contributed by atoms with Gasteiger partial charge in [0.1, 0.15) is 0 Å². The molecule has 3 N–H and O–H groups in total. The number of benzene rings is 1. The Balaban J connectivity index is 2.42. The summed E-state index contributed by atoms with van der Waals surface area (Å²) >= 11 is 0. The molecule has 1 aromatic rings. The van der Waals surface area contributed by atoms with Crippen LogP contribution in [0.1, 0.15) is 44.7 Å². The molecule has 0 aliphatic rings. The first-order valence-corrected chi connectivity index (χ1v) is 6.48. The molecule has 0 saturated carbocycles. The predicted octanol–water partition coefficient (Wildman–Crippen LogP) is 2.68. The van der Waals surface area contributed by atoms with Gasteiger partial charge in [-0.1, -0.05) is 38.1 Å². The Labute approximate surface area is 106 Å². The quantitative estimate of drug-likeness (QED) is 0.794. The maximum atomic E-state index is 5.68. The third-order valence-corrected chi connectivity index (χ3v) is 3.17. The van der Waals surface area contributed by atoms with E-state index in [9.17, 15) is 0 Å². The minimum atomic E-state index is 0.0396. The summed E-state index contributed by atoms with van der Waals surface area (Å²) < 4.78 is 0. The SMILES string of the molecule is CC(C)c1ccc(CCNC(C)(C)CN)cc1. The fourth-order valence-corrected chi connectivity index (χ4v) is 1.69. The van der Waals surface area contributed by atoms with E-state index in [0.29, 0.717) is 12.5 Å². The number of hydrogen-bond acceptors (Lipinski definition) is 2. The van der Waals surface area contributed by atoms with Gasteiger partial charge < -0.3 is 11.1 Å². The summed E-state index contributed by atoms with van der Waals surface area (Å²) in [5.41, 5.74) is 8.51. The molecule has 0 spiro atoms. The van der Waals surface area contributed by atoms with Crippen molar-refractivity contribution in [3.63, 3.8) is 0 Å². The van der Waals surface area contributed by atoms with E-state index in [-0.39, 0.29) is 5.54 Å². The average Bonchev–Trinajstić information content (AvgIpc) is 2.29. The first kappa shape index (κ1) is 14.2. The molecule has 2 heteroatoms. The third-order valence-electron chi connectivity index (χ3n) is 3.17. The summed E-state index contributed by atoms with van der Waals surface area (Å²) in [6.07, 6.45) is 1.06. The number of nitrogens with one attached hydrogen (secondary N) is 1. The van der Waals surface area contributed by atoms with Crippen LogP contribution in [0.15, 0.2) is 24.3 Å². The highest BCUT2D eigenvalue weighted by Gasteiger charge is 2.13. The zero-order valence-corrected chi connectivity index (χ0v) is 11.6. The van der Waals surface area contributed by atoms with E-state index in [1.165, 1.54) is 11.1 Å². The molecule has 0 atom stereocenters. The standard InChI is InChI=1S/C15H26N2/c1-12(2)14-7-5-13(6-8-14)9-10-17-15(3,4)11-16/h5-8,12,17H,9-11,16H2,1-4H3. The Kier molecular flexibility index (Phi) is 5.16. The van der Waals surface area contributed by atoms with Crippen LogP contribution in [0, 0.1) is 0 Å². The number of rotatable bonds is 6. The molecule has 1 rings (SSSR count). The van der Waals surface area contributed by atoms with Crippen LogP contribution in [-0.4, -0.2) is 18.6 Å². The van der Waals surface area contributed by atoms with E-state index in [1.54, 1.807) is 0 Å². The molecular weight excluding hydrogens is 208 g/mol. The van der Waals surface area contributed by atoms with Crippen molar-refractivity contribution in [2.45, 2.75) is 45.6 Å². The van der Waals surface area contributed by atoms with E-state index in [0.717, 1.165) is 13.0 Å².